The molecule has 0 unspecified atom stereocenters. The summed E-state index contributed by atoms with van der Waals surface area (Å²) in [7, 11) is 0. The Morgan fingerprint density at radius 3 is 1.01 bits per heavy atom. The fraction of sp³-hybridized carbons (Fsp3) is 0.667. The van der Waals surface area contributed by atoms with Crippen molar-refractivity contribution in [2.75, 3.05) is 0 Å². The number of ether oxygens (including phenoxy) is 1. The summed E-state index contributed by atoms with van der Waals surface area (Å²) in [5.41, 5.74) is 5.53. The number of hydrogen-bond acceptors (Lipinski definition) is 5. The van der Waals surface area contributed by atoms with Gasteiger partial charge < -0.3 is 4.74 Å². The average Bonchev–Trinajstić information content (AvgIpc) is 3.34. The van der Waals surface area contributed by atoms with Crippen LogP contribution < -0.4 is 4.74 Å². The average molecular weight is 923 g/mol. The molecule has 0 saturated carbocycles. The number of benzene rings is 2. The Kier molecular flexibility index (Phi) is 29.5. The molecule has 7 heteroatoms. The summed E-state index contributed by atoms with van der Waals surface area (Å²) < 4.78 is 38.7. The van der Waals surface area contributed by atoms with Crippen molar-refractivity contribution in [3.05, 3.63) is 83.4 Å². The largest absolute Gasteiger partial charge is 0.457 e. The van der Waals surface area contributed by atoms with Crippen molar-refractivity contribution in [2.24, 2.45) is 0 Å². The molecule has 67 heavy (non-hydrogen) atoms. The van der Waals surface area contributed by atoms with E-state index in [2.05, 4.69) is 27.7 Å². The smallest absolute Gasteiger partial charge is 0.159 e. The number of alkyl halides is 2. The van der Waals surface area contributed by atoms with Gasteiger partial charge in [-0.05, 0) is 97.2 Å². The summed E-state index contributed by atoms with van der Waals surface area (Å²) in [4.78, 5) is 19.1. The molecule has 4 aromatic rings. The van der Waals surface area contributed by atoms with Crippen molar-refractivity contribution in [3.8, 4) is 34.3 Å². The second-order valence-corrected chi connectivity index (χ2v) is 19.7. The molecule has 0 spiro atoms. The van der Waals surface area contributed by atoms with E-state index in [1.807, 2.05) is 61.2 Å². The van der Waals surface area contributed by atoms with Gasteiger partial charge in [0.1, 0.15) is 23.8 Å². The van der Waals surface area contributed by atoms with Gasteiger partial charge in [-0.2, -0.15) is 0 Å². The van der Waals surface area contributed by atoms with E-state index in [1.54, 1.807) is 0 Å². The number of nitrogens with zero attached hydrogens (tertiary/aromatic N) is 4. The normalized spacial score (nSPS) is 12.4. The highest BCUT2D eigenvalue weighted by molar-refractivity contribution is 5.61. The maximum Gasteiger partial charge on any atom is 0.159 e. The molecule has 0 aliphatic carbocycles. The predicted molar refractivity (Wildman–Crippen MR) is 281 cm³/mol. The van der Waals surface area contributed by atoms with Gasteiger partial charge in [0, 0.05) is 48.8 Å². The number of aromatic nitrogens is 4. The molecule has 0 aliphatic heterocycles. The predicted octanol–water partition coefficient (Wildman–Crippen LogP) is 19.0. The summed E-state index contributed by atoms with van der Waals surface area (Å²) in [5, 5.41) is 0. The van der Waals surface area contributed by atoms with Crippen molar-refractivity contribution in [2.45, 2.75) is 258 Å². The molecule has 0 amide bonds. The van der Waals surface area contributed by atoms with Crippen molar-refractivity contribution in [3.63, 3.8) is 0 Å². The summed E-state index contributed by atoms with van der Waals surface area (Å²) in [6.45, 7) is 8.97. The Morgan fingerprint density at radius 2 is 0.687 bits per heavy atom. The maximum absolute atomic E-state index is 16.0. The monoisotopic (exact) mass is 923 g/mol. The Bertz CT molecular complexity index is 1700. The SMILES string of the molecule is CCCCCCCCCCc1cnc(-c2ccc(Oc3ccc(-c4ncc(CCCCCCCCCC)cn4)cc3C[C@@H](F)CCCCCCCC)c(C[C@@H](F)CCCCCCCC)c2)nc1. The molecule has 0 saturated heterocycles. The second kappa shape index (κ2) is 35.4. The minimum Gasteiger partial charge on any atom is -0.457 e. The summed E-state index contributed by atoms with van der Waals surface area (Å²) in [6, 6.07) is 11.8. The molecule has 2 atom stereocenters. The zero-order valence-electron chi connectivity index (χ0n) is 42.9. The topological polar surface area (TPSA) is 60.8 Å². The van der Waals surface area contributed by atoms with Crippen LogP contribution >= 0.6 is 0 Å². The van der Waals surface area contributed by atoms with E-state index >= 15 is 8.78 Å². The van der Waals surface area contributed by atoms with Gasteiger partial charge in [0.25, 0.3) is 0 Å². The van der Waals surface area contributed by atoms with Crippen LogP contribution in [0.4, 0.5) is 8.78 Å². The van der Waals surface area contributed by atoms with Crippen molar-refractivity contribution < 1.29 is 13.5 Å². The fourth-order valence-electron chi connectivity index (χ4n) is 9.24. The third-order valence-corrected chi connectivity index (χ3v) is 13.5. The van der Waals surface area contributed by atoms with Gasteiger partial charge in [-0.15, -0.1) is 0 Å². The minimum atomic E-state index is -1.01. The Labute approximate surface area is 408 Å². The van der Waals surface area contributed by atoms with E-state index in [0.29, 0.717) is 36.0 Å². The van der Waals surface area contributed by atoms with Crippen LogP contribution in [0.25, 0.3) is 22.8 Å². The highest BCUT2D eigenvalue weighted by Crippen LogP contribution is 2.35. The Balaban J connectivity index is 1.52. The van der Waals surface area contributed by atoms with Crippen molar-refractivity contribution >= 4 is 0 Å². The highest BCUT2D eigenvalue weighted by Gasteiger charge is 2.19. The Morgan fingerprint density at radius 1 is 0.388 bits per heavy atom. The van der Waals surface area contributed by atoms with Crippen LogP contribution in [0.2, 0.25) is 0 Å². The van der Waals surface area contributed by atoms with E-state index in [4.69, 9.17) is 24.7 Å². The van der Waals surface area contributed by atoms with E-state index in [9.17, 15) is 0 Å². The number of rotatable bonds is 40. The van der Waals surface area contributed by atoms with Crippen LogP contribution in [0.15, 0.2) is 61.2 Å². The molecule has 0 bridgehead atoms. The zero-order chi connectivity index (χ0) is 47.6. The molecule has 0 fully saturated rings. The molecular formula is C60H92F2N4O. The quantitative estimate of drug-likeness (QED) is 0.0416. The summed E-state index contributed by atoms with van der Waals surface area (Å²) in [5.74, 6) is 2.43. The van der Waals surface area contributed by atoms with Crippen LogP contribution in [0.5, 0.6) is 11.5 Å². The standard InChI is InChI=1S/C60H92F2N4O/c1-5-9-13-17-21-23-25-29-33-49-45-63-59(64-46-49)51-37-39-57(53(41-51)43-55(61)35-31-27-19-15-11-7-3)67-58-40-38-52(42-54(58)44-56(62)36-32-28-20-16-12-8-4)60-65-47-50(48-66-60)34-30-26-24-22-18-14-10-6-2/h37-42,45-48,55-56H,5-36,43-44H2,1-4H3/t55-,56-/m0/s1. The van der Waals surface area contributed by atoms with Crippen LogP contribution in [0.1, 0.15) is 243 Å². The van der Waals surface area contributed by atoms with E-state index in [1.165, 1.54) is 128 Å². The van der Waals surface area contributed by atoms with E-state index < -0.39 is 12.3 Å². The lowest BCUT2D eigenvalue weighted by atomic mass is 9.99. The molecule has 0 aliphatic rings. The number of aryl methyl sites for hydroxylation is 2. The molecular weight excluding hydrogens is 831 g/mol. The number of unbranched alkanes of at least 4 members (excludes halogenated alkanes) is 24. The van der Waals surface area contributed by atoms with Gasteiger partial charge in [0.05, 0.1) is 0 Å². The first-order valence-corrected chi connectivity index (χ1v) is 27.8. The lowest BCUT2D eigenvalue weighted by Crippen LogP contribution is -2.08. The zero-order valence-corrected chi connectivity index (χ0v) is 42.9. The summed E-state index contributed by atoms with van der Waals surface area (Å²) >= 11 is 0. The summed E-state index contributed by atoms with van der Waals surface area (Å²) in [6.07, 6.45) is 43.3. The van der Waals surface area contributed by atoms with Crippen molar-refractivity contribution in [1.29, 1.82) is 0 Å². The molecule has 5 nitrogen and oxygen atoms in total. The molecule has 2 aromatic heterocycles. The van der Waals surface area contributed by atoms with E-state index in [0.717, 1.165) is 97.6 Å². The van der Waals surface area contributed by atoms with Gasteiger partial charge >= 0.3 is 0 Å². The lowest BCUT2D eigenvalue weighted by Gasteiger charge is -2.18. The Hall–Kier alpha value is -3.74. The third kappa shape index (κ3) is 23.4. The van der Waals surface area contributed by atoms with Gasteiger partial charge in [-0.3, -0.25) is 0 Å². The van der Waals surface area contributed by atoms with Gasteiger partial charge in [0.2, 0.25) is 0 Å². The second-order valence-electron chi connectivity index (χ2n) is 19.7. The van der Waals surface area contributed by atoms with Gasteiger partial charge in [0.15, 0.2) is 11.6 Å². The first-order valence-electron chi connectivity index (χ1n) is 27.8. The molecule has 4 rings (SSSR count). The van der Waals surface area contributed by atoms with Gasteiger partial charge in [-0.25, -0.2) is 28.7 Å². The minimum absolute atomic E-state index is 0.227. The maximum atomic E-state index is 16.0. The van der Waals surface area contributed by atoms with Gasteiger partial charge in [-0.1, -0.05) is 195 Å². The molecule has 0 N–H and O–H groups in total. The van der Waals surface area contributed by atoms with Crippen LogP contribution in [-0.4, -0.2) is 32.3 Å². The lowest BCUT2D eigenvalue weighted by molar-refractivity contribution is 0.297. The molecule has 0 radical (unpaired) electrons. The number of halogens is 2. The molecule has 2 aromatic carbocycles. The molecule has 2 heterocycles. The van der Waals surface area contributed by atoms with Crippen LogP contribution in [-0.2, 0) is 25.7 Å². The van der Waals surface area contributed by atoms with Crippen molar-refractivity contribution in [1.82, 2.24) is 19.9 Å². The molecule has 372 valence electrons. The first kappa shape index (κ1) is 55.9. The van der Waals surface area contributed by atoms with E-state index in [-0.39, 0.29) is 12.8 Å². The third-order valence-electron chi connectivity index (χ3n) is 13.5. The number of hydrogen-bond donors (Lipinski definition) is 0. The highest BCUT2D eigenvalue weighted by atomic mass is 19.1. The fourth-order valence-corrected chi connectivity index (χ4v) is 9.24. The first-order chi connectivity index (χ1) is 32.9. The van der Waals surface area contributed by atoms with Crippen LogP contribution in [0.3, 0.4) is 0 Å². The van der Waals surface area contributed by atoms with Crippen LogP contribution in [0, 0.1) is 0 Å².